The van der Waals surface area contributed by atoms with Crippen LogP contribution in [0.15, 0.2) is 60.7 Å². The van der Waals surface area contributed by atoms with Crippen LogP contribution in [0.4, 0.5) is 11.4 Å². The molecule has 3 aromatic carbocycles. The van der Waals surface area contributed by atoms with E-state index in [0.717, 1.165) is 50.0 Å². The highest BCUT2D eigenvalue weighted by molar-refractivity contribution is 6.42. The van der Waals surface area contributed by atoms with E-state index in [1.54, 1.807) is 18.2 Å². The van der Waals surface area contributed by atoms with Crippen LogP contribution in [0.3, 0.4) is 0 Å². The molecule has 0 aliphatic carbocycles. The first-order valence-corrected chi connectivity index (χ1v) is 13.9. The monoisotopic (exact) mass is 546 g/mol. The Morgan fingerprint density at radius 2 is 1.76 bits per heavy atom. The van der Waals surface area contributed by atoms with Crippen LogP contribution in [0, 0.1) is 6.57 Å². The van der Waals surface area contributed by atoms with Gasteiger partial charge in [0.1, 0.15) is 0 Å². The number of hydrogen-bond acceptors (Lipinski definition) is 3. The zero-order chi connectivity index (χ0) is 26.9. The molecule has 5 rings (SSSR count). The third-order valence-corrected chi connectivity index (χ3v) is 8.80. The van der Waals surface area contributed by atoms with E-state index in [1.165, 1.54) is 11.1 Å². The summed E-state index contributed by atoms with van der Waals surface area (Å²) in [6.07, 6.45) is 2.83. The maximum absolute atomic E-state index is 13.2. The Morgan fingerprint density at radius 1 is 1.00 bits per heavy atom. The molecule has 1 amide bonds. The number of amides is 1. The first-order chi connectivity index (χ1) is 18.3. The van der Waals surface area contributed by atoms with E-state index in [9.17, 15) is 4.79 Å². The zero-order valence-corrected chi connectivity index (χ0v) is 23.3. The van der Waals surface area contributed by atoms with Gasteiger partial charge in [-0.15, -0.1) is 0 Å². The highest BCUT2D eigenvalue weighted by Gasteiger charge is 2.45. The number of rotatable bonds is 5. The van der Waals surface area contributed by atoms with Crippen LogP contribution in [0.25, 0.3) is 16.0 Å². The van der Waals surface area contributed by atoms with E-state index in [1.807, 2.05) is 18.2 Å². The number of hydrogen-bond donors (Lipinski definition) is 1. The molecule has 1 saturated heterocycles. The van der Waals surface area contributed by atoms with Gasteiger partial charge >= 0.3 is 0 Å². The average molecular weight is 548 g/mol. The Bertz CT molecular complexity index is 1390. The number of fused-ring (bicyclic) bond motifs is 2. The molecule has 0 unspecified atom stereocenters. The van der Waals surface area contributed by atoms with Crippen molar-refractivity contribution in [1.82, 2.24) is 9.80 Å². The van der Waals surface area contributed by atoms with Crippen molar-refractivity contribution in [3.8, 4) is 11.1 Å². The molecular weight excluding hydrogens is 515 g/mol. The van der Waals surface area contributed by atoms with Gasteiger partial charge in [-0.1, -0.05) is 59.6 Å². The summed E-state index contributed by atoms with van der Waals surface area (Å²) in [5.41, 5.74) is 5.98. The van der Waals surface area contributed by atoms with Crippen LogP contribution in [-0.4, -0.2) is 47.9 Å². The predicted octanol–water partition coefficient (Wildman–Crippen LogP) is 7.41. The summed E-state index contributed by atoms with van der Waals surface area (Å²) in [5.74, 6) is -0.0508. The van der Waals surface area contributed by atoms with E-state index >= 15 is 0 Å². The van der Waals surface area contributed by atoms with E-state index in [0.29, 0.717) is 34.0 Å². The van der Waals surface area contributed by atoms with Crippen LogP contribution in [0.5, 0.6) is 0 Å². The van der Waals surface area contributed by atoms with Crippen LogP contribution >= 0.6 is 23.2 Å². The number of nitrogens with one attached hydrogen (secondary N) is 1. The smallest absolute Gasteiger partial charge is 0.238 e. The molecule has 38 heavy (non-hydrogen) atoms. The fraction of sp³-hybridized carbons (Fsp3) is 0.355. The van der Waals surface area contributed by atoms with Crippen LogP contribution in [-0.2, 0) is 16.8 Å². The van der Waals surface area contributed by atoms with E-state index in [2.05, 4.69) is 58.1 Å². The maximum Gasteiger partial charge on any atom is 0.238 e. The lowest BCUT2D eigenvalue weighted by molar-refractivity contribution is -0.120. The lowest BCUT2D eigenvalue weighted by atomic mass is 9.73. The first-order valence-electron chi connectivity index (χ1n) is 13.1. The van der Waals surface area contributed by atoms with Gasteiger partial charge < -0.3 is 10.2 Å². The molecule has 2 aliphatic heterocycles. The largest absolute Gasteiger partial charge is 0.325 e. The Morgan fingerprint density at radius 3 is 2.47 bits per heavy atom. The minimum atomic E-state index is -0.190. The highest BCUT2D eigenvalue weighted by Crippen LogP contribution is 2.45. The van der Waals surface area contributed by atoms with Gasteiger partial charge in [0, 0.05) is 36.9 Å². The predicted molar refractivity (Wildman–Crippen MR) is 156 cm³/mol. The second kappa shape index (κ2) is 11.1. The summed E-state index contributed by atoms with van der Waals surface area (Å²) >= 11 is 12.2. The van der Waals surface area contributed by atoms with Crippen molar-refractivity contribution in [3.05, 3.63) is 93.3 Å². The molecule has 0 radical (unpaired) electrons. The van der Waals surface area contributed by atoms with Gasteiger partial charge in [-0.2, -0.15) is 0 Å². The van der Waals surface area contributed by atoms with E-state index in [-0.39, 0.29) is 11.4 Å². The molecule has 1 N–H and O–H groups in total. The molecule has 1 fully saturated rings. The topological polar surface area (TPSA) is 39.9 Å². The van der Waals surface area contributed by atoms with Gasteiger partial charge in [0.2, 0.25) is 5.91 Å². The number of nitrogens with zero attached hydrogens (tertiary/aromatic N) is 3. The third kappa shape index (κ3) is 5.32. The zero-order valence-electron chi connectivity index (χ0n) is 21.8. The number of piperidine rings is 1. The van der Waals surface area contributed by atoms with Gasteiger partial charge in [-0.25, -0.2) is 4.85 Å². The lowest BCUT2D eigenvalue weighted by Crippen LogP contribution is -2.58. The number of carbonyl (C=O) groups is 1. The Labute approximate surface area is 235 Å². The fourth-order valence-electron chi connectivity index (χ4n) is 6.00. The summed E-state index contributed by atoms with van der Waals surface area (Å²) in [7, 11) is 0. The second-order valence-electron chi connectivity index (χ2n) is 10.5. The number of benzene rings is 3. The molecule has 196 valence electrons. The summed E-state index contributed by atoms with van der Waals surface area (Å²) in [6, 6.07) is 20.2. The van der Waals surface area contributed by atoms with Crippen molar-refractivity contribution in [1.29, 1.82) is 0 Å². The molecular formula is C31H32Cl2N4O. The summed E-state index contributed by atoms with van der Waals surface area (Å²) in [5, 5.41) is 3.90. The van der Waals surface area contributed by atoms with Crippen LogP contribution < -0.4 is 5.32 Å². The van der Waals surface area contributed by atoms with Gasteiger partial charge in [-0.3, -0.25) is 9.69 Å². The molecule has 0 bridgehead atoms. The number of carbonyl (C=O) groups excluding carboxylic acids is 1. The van der Waals surface area contributed by atoms with Crippen LogP contribution in [0.2, 0.25) is 10.0 Å². The van der Waals surface area contributed by atoms with Crippen molar-refractivity contribution in [2.45, 2.75) is 44.7 Å². The minimum Gasteiger partial charge on any atom is -0.325 e. The Hall–Kier alpha value is -2.88. The first kappa shape index (κ1) is 26.7. The summed E-state index contributed by atoms with van der Waals surface area (Å²) in [6.45, 7) is 15.0. The standard InChI is InChI=1S/C31H32Cl2N4O/c1-21(2)36-15-12-31(13-16-36)27-9-7-23(22-5-4-6-25(18-22)34-3)17-24(27)11-14-37(31)20-30(38)35-26-8-10-28(32)29(33)19-26/h4-10,17-19,21H,11-16,20H2,1-2H3,(H,35,38). The van der Waals surface area contributed by atoms with Crippen molar-refractivity contribution in [2.24, 2.45) is 0 Å². The van der Waals surface area contributed by atoms with Gasteiger partial charge in [0.05, 0.1) is 23.2 Å². The highest BCUT2D eigenvalue weighted by atomic mass is 35.5. The van der Waals surface area contributed by atoms with Crippen molar-refractivity contribution >= 4 is 40.5 Å². The van der Waals surface area contributed by atoms with Crippen molar-refractivity contribution in [2.75, 3.05) is 31.5 Å². The Balaban J connectivity index is 1.44. The maximum atomic E-state index is 13.2. The molecule has 5 nitrogen and oxygen atoms in total. The van der Waals surface area contributed by atoms with E-state index < -0.39 is 0 Å². The average Bonchev–Trinajstić information content (AvgIpc) is 2.92. The second-order valence-corrected chi connectivity index (χ2v) is 11.4. The molecule has 2 heterocycles. The fourth-order valence-corrected chi connectivity index (χ4v) is 6.30. The van der Waals surface area contributed by atoms with Crippen molar-refractivity contribution < 1.29 is 4.79 Å². The quantitative estimate of drug-likeness (QED) is 0.338. The molecule has 1 spiro atoms. The SMILES string of the molecule is [C-]#[N+]c1cccc(-c2ccc3c(c2)CCN(CC(=O)Nc2ccc(Cl)c(Cl)c2)C32CCN(C(C)C)CC2)c1. The molecule has 0 aromatic heterocycles. The van der Waals surface area contributed by atoms with Crippen molar-refractivity contribution in [3.63, 3.8) is 0 Å². The number of likely N-dealkylation sites (tertiary alicyclic amines) is 1. The number of halogens is 2. The third-order valence-electron chi connectivity index (χ3n) is 8.06. The molecule has 2 aliphatic rings. The molecule has 3 aromatic rings. The lowest BCUT2D eigenvalue weighted by Gasteiger charge is -2.53. The van der Waals surface area contributed by atoms with E-state index in [4.69, 9.17) is 29.8 Å². The van der Waals surface area contributed by atoms with Gasteiger partial charge in [0.15, 0.2) is 5.69 Å². The summed E-state index contributed by atoms with van der Waals surface area (Å²) in [4.78, 5) is 21.7. The normalized spacial score (nSPS) is 17.3. The summed E-state index contributed by atoms with van der Waals surface area (Å²) < 4.78 is 0. The van der Waals surface area contributed by atoms with Gasteiger partial charge in [-0.05, 0) is 79.6 Å². The Kier molecular flexibility index (Phi) is 7.79. The molecule has 7 heteroatoms. The number of anilines is 1. The molecule has 0 saturated carbocycles. The van der Waals surface area contributed by atoms with Gasteiger partial charge in [0.25, 0.3) is 0 Å². The molecule has 0 atom stereocenters. The van der Waals surface area contributed by atoms with Crippen LogP contribution in [0.1, 0.15) is 37.8 Å². The minimum absolute atomic E-state index is 0.0508.